The number of hydrogen-bond acceptors (Lipinski definition) is 4. The molecule has 2 heterocycles. The number of nitrogens with zero attached hydrogens (tertiary/aromatic N) is 3. The number of aliphatic imine (C=N–C) groups is 1. The van der Waals surface area contributed by atoms with E-state index in [-0.39, 0.29) is 29.5 Å². The summed E-state index contributed by atoms with van der Waals surface area (Å²) in [5.41, 5.74) is 1.47. The van der Waals surface area contributed by atoms with Gasteiger partial charge in [-0.05, 0) is 65.4 Å². The van der Waals surface area contributed by atoms with Gasteiger partial charge < -0.3 is 20.3 Å². The lowest BCUT2D eigenvalue weighted by Crippen LogP contribution is -2.52. The number of ether oxygens (including phenoxy) is 1. The molecule has 0 radical (unpaired) electrons. The maximum absolute atomic E-state index is 5.60. The lowest BCUT2D eigenvalue weighted by molar-refractivity contribution is -0.00255. The predicted octanol–water partition coefficient (Wildman–Crippen LogP) is 3.11. The second-order valence-electron chi connectivity index (χ2n) is 8.48. The van der Waals surface area contributed by atoms with E-state index in [1.807, 2.05) is 0 Å². The minimum absolute atomic E-state index is 0. The summed E-state index contributed by atoms with van der Waals surface area (Å²) in [6.07, 6.45) is 4.66. The number of nitrogens with one attached hydrogen (secondary N) is 2. The SMILES string of the molecule is CCNC(=NCC1(N(C)C)CCOCC1)NCC(c1ccccc1)N1CCCC1.I. The quantitative estimate of drug-likeness (QED) is 0.308. The van der Waals surface area contributed by atoms with Gasteiger partial charge in [-0.3, -0.25) is 9.89 Å². The average Bonchev–Trinajstić information content (AvgIpc) is 3.28. The molecular weight excluding hydrogens is 489 g/mol. The molecule has 6 nitrogen and oxygen atoms in total. The molecule has 0 aliphatic carbocycles. The summed E-state index contributed by atoms with van der Waals surface area (Å²) in [7, 11) is 4.33. The monoisotopic (exact) mass is 529 g/mol. The molecule has 0 bridgehead atoms. The first kappa shape index (κ1) is 25.4. The number of rotatable bonds is 8. The van der Waals surface area contributed by atoms with Crippen LogP contribution in [0.4, 0.5) is 0 Å². The van der Waals surface area contributed by atoms with E-state index in [1.165, 1.54) is 31.5 Å². The van der Waals surface area contributed by atoms with E-state index < -0.39 is 0 Å². The summed E-state index contributed by atoms with van der Waals surface area (Å²) in [6.45, 7) is 8.65. The summed E-state index contributed by atoms with van der Waals surface area (Å²) in [4.78, 5) is 9.94. The molecule has 2 saturated heterocycles. The number of halogens is 1. The van der Waals surface area contributed by atoms with Crippen molar-refractivity contribution < 1.29 is 4.74 Å². The van der Waals surface area contributed by atoms with Crippen LogP contribution < -0.4 is 10.6 Å². The maximum atomic E-state index is 5.60. The van der Waals surface area contributed by atoms with E-state index in [0.29, 0.717) is 6.04 Å². The van der Waals surface area contributed by atoms with E-state index >= 15 is 0 Å². The highest BCUT2D eigenvalue weighted by Crippen LogP contribution is 2.27. The maximum Gasteiger partial charge on any atom is 0.191 e. The molecule has 30 heavy (non-hydrogen) atoms. The first-order chi connectivity index (χ1) is 14.1. The van der Waals surface area contributed by atoms with Gasteiger partial charge in [0.1, 0.15) is 0 Å². The van der Waals surface area contributed by atoms with Crippen LogP contribution in [-0.2, 0) is 4.74 Å². The van der Waals surface area contributed by atoms with Crippen LogP contribution in [0.1, 0.15) is 44.2 Å². The van der Waals surface area contributed by atoms with Crippen LogP contribution in [-0.4, -0.2) is 81.3 Å². The molecule has 170 valence electrons. The molecule has 7 heteroatoms. The van der Waals surface area contributed by atoms with E-state index in [9.17, 15) is 0 Å². The zero-order chi connectivity index (χ0) is 20.5. The molecule has 0 saturated carbocycles. The van der Waals surface area contributed by atoms with Gasteiger partial charge >= 0.3 is 0 Å². The van der Waals surface area contributed by atoms with Crippen LogP contribution in [0.3, 0.4) is 0 Å². The standard InChI is InChI=1S/C23H39N5O.HI/c1-4-24-22(26-19-23(27(2)3)12-16-29-17-13-23)25-18-21(28-14-8-9-15-28)20-10-6-5-7-11-20;/h5-7,10-11,21H,4,8-9,12-19H2,1-3H3,(H2,24,25,26);1H. The summed E-state index contributed by atoms with van der Waals surface area (Å²) < 4.78 is 5.60. The first-order valence-electron chi connectivity index (χ1n) is 11.2. The van der Waals surface area contributed by atoms with Crippen molar-refractivity contribution in [3.8, 4) is 0 Å². The highest BCUT2D eigenvalue weighted by atomic mass is 127. The third-order valence-electron chi connectivity index (χ3n) is 6.48. The third kappa shape index (κ3) is 6.80. The van der Waals surface area contributed by atoms with E-state index in [1.54, 1.807) is 0 Å². The molecule has 2 N–H and O–H groups in total. The van der Waals surface area contributed by atoms with Crippen molar-refractivity contribution in [3.05, 3.63) is 35.9 Å². The number of likely N-dealkylation sites (tertiary alicyclic amines) is 1. The zero-order valence-electron chi connectivity index (χ0n) is 18.9. The predicted molar refractivity (Wildman–Crippen MR) is 136 cm³/mol. The van der Waals surface area contributed by atoms with Gasteiger partial charge in [-0.15, -0.1) is 24.0 Å². The highest BCUT2D eigenvalue weighted by molar-refractivity contribution is 14.0. The van der Waals surface area contributed by atoms with Crippen molar-refractivity contribution in [2.75, 3.05) is 60.0 Å². The number of guanidine groups is 1. The van der Waals surface area contributed by atoms with Crippen molar-refractivity contribution in [1.29, 1.82) is 0 Å². The molecule has 0 spiro atoms. The molecule has 3 rings (SSSR count). The van der Waals surface area contributed by atoms with Gasteiger partial charge in [0.25, 0.3) is 0 Å². The topological polar surface area (TPSA) is 52.1 Å². The third-order valence-corrected chi connectivity index (χ3v) is 6.48. The Morgan fingerprint density at radius 3 is 2.40 bits per heavy atom. The van der Waals surface area contributed by atoms with E-state index in [2.05, 4.69) is 71.8 Å². The van der Waals surface area contributed by atoms with E-state index in [0.717, 1.165) is 51.6 Å². The van der Waals surface area contributed by atoms with Gasteiger partial charge in [-0.25, -0.2) is 0 Å². The molecule has 1 unspecified atom stereocenters. The molecule has 1 aromatic carbocycles. The Balaban J connectivity index is 0.00000320. The van der Waals surface area contributed by atoms with Crippen molar-refractivity contribution >= 4 is 29.9 Å². The van der Waals surface area contributed by atoms with Crippen LogP contribution >= 0.6 is 24.0 Å². The molecule has 2 aliphatic heterocycles. The second kappa shape index (κ2) is 12.8. The fraction of sp³-hybridized carbons (Fsp3) is 0.696. The lowest BCUT2D eigenvalue weighted by atomic mass is 9.89. The molecule has 0 aromatic heterocycles. The minimum Gasteiger partial charge on any atom is -0.381 e. The van der Waals surface area contributed by atoms with Gasteiger partial charge in [-0.2, -0.15) is 0 Å². The van der Waals surface area contributed by atoms with Crippen molar-refractivity contribution in [3.63, 3.8) is 0 Å². The fourth-order valence-electron chi connectivity index (χ4n) is 4.45. The normalized spacial score (nSPS) is 20.6. The van der Waals surface area contributed by atoms with Gasteiger partial charge in [-0.1, -0.05) is 30.3 Å². The summed E-state index contributed by atoms with van der Waals surface area (Å²) in [5, 5.41) is 7.09. The smallest absolute Gasteiger partial charge is 0.191 e. The van der Waals surface area contributed by atoms with Crippen LogP contribution in [0.15, 0.2) is 35.3 Å². The molecule has 2 fully saturated rings. The number of hydrogen-bond donors (Lipinski definition) is 2. The van der Waals surface area contributed by atoms with Crippen LogP contribution in [0, 0.1) is 0 Å². The lowest BCUT2D eigenvalue weighted by Gasteiger charge is -2.41. The van der Waals surface area contributed by atoms with Gasteiger partial charge in [0.2, 0.25) is 0 Å². The Morgan fingerprint density at radius 2 is 1.80 bits per heavy atom. The second-order valence-corrected chi connectivity index (χ2v) is 8.48. The van der Waals surface area contributed by atoms with Gasteiger partial charge in [0, 0.05) is 31.8 Å². The van der Waals surface area contributed by atoms with E-state index in [4.69, 9.17) is 9.73 Å². The van der Waals surface area contributed by atoms with Crippen molar-refractivity contribution in [2.24, 2.45) is 4.99 Å². The Hall–Kier alpha value is -0.900. The number of likely N-dealkylation sites (N-methyl/N-ethyl adjacent to an activating group) is 1. The Morgan fingerprint density at radius 1 is 1.13 bits per heavy atom. The Labute approximate surface area is 199 Å². The van der Waals surface area contributed by atoms with Gasteiger partial charge in [0.15, 0.2) is 5.96 Å². The van der Waals surface area contributed by atoms with Crippen LogP contribution in [0.25, 0.3) is 0 Å². The summed E-state index contributed by atoms with van der Waals surface area (Å²) in [6, 6.07) is 11.3. The number of benzene rings is 1. The zero-order valence-corrected chi connectivity index (χ0v) is 21.2. The molecule has 2 aliphatic rings. The fourth-order valence-corrected chi connectivity index (χ4v) is 4.45. The average molecular weight is 530 g/mol. The highest BCUT2D eigenvalue weighted by Gasteiger charge is 2.34. The van der Waals surface area contributed by atoms with Gasteiger partial charge in [0.05, 0.1) is 12.6 Å². The van der Waals surface area contributed by atoms with Crippen molar-refractivity contribution in [2.45, 2.75) is 44.2 Å². The minimum atomic E-state index is 0. The first-order valence-corrected chi connectivity index (χ1v) is 11.2. The van der Waals surface area contributed by atoms with Crippen molar-refractivity contribution in [1.82, 2.24) is 20.4 Å². The molecule has 1 atom stereocenters. The summed E-state index contributed by atoms with van der Waals surface area (Å²) in [5.74, 6) is 0.917. The summed E-state index contributed by atoms with van der Waals surface area (Å²) >= 11 is 0. The Bertz CT molecular complexity index is 628. The molecule has 1 aromatic rings. The van der Waals surface area contributed by atoms with Crippen LogP contribution in [0.5, 0.6) is 0 Å². The largest absolute Gasteiger partial charge is 0.381 e. The Kier molecular flexibility index (Phi) is 10.8. The molecular formula is C23H40IN5O. The molecule has 0 amide bonds. The van der Waals surface area contributed by atoms with Crippen LogP contribution in [0.2, 0.25) is 0 Å².